The van der Waals surface area contributed by atoms with Crippen molar-refractivity contribution in [2.75, 3.05) is 13.2 Å². The molecular formula is C26H28ClFN2O7. The summed E-state index contributed by atoms with van der Waals surface area (Å²) in [6.07, 6.45) is 0.987. The second-order valence-electron chi connectivity index (χ2n) is 8.74. The number of hydrogen-bond acceptors (Lipinski definition) is 9. The molecule has 1 aliphatic heterocycles. The summed E-state index contributed by atoms with van der Waals surface area (Å²) >= 11 is 6.02. The summed E-state index contributed by atoms with van der Waals surface area (Å²) in [5.74, 6) is -1.87. The van der Waals surface area contributed by atoms with Gasteiger partial charge in [0, 0.05) is 23.7 Å². The van der Waals surface area contributed by atoms with Gasteiger partial charge in [0.2, 0.25) is 0 Å². The lowest BCUT2D eigenvalue weighted by atomic mass is 10.0. The van der Waals surface area contributed by atoms with Crippen LogP contribution in [0.25, 0.3) is 11.1 Å². The van der Waals surface area contributed by atoms with Crippen molar-refractivity contribution < 1.29 is 32.6 Å². The number of hydrogen-bond donors (Lipinski definition) is 2. The van der Waals surface area contributed by atoms with E-state index < -0.39 is 17.9 Å². The van der Waals surface area contributed by atoms with Crippen molar-refractivity contribution in [3.05, 3.63) is 81.0 Å². The Morgan fingerprint density at radius 2 is 2.03 bits per heavy atom. The van der Waals surface area contributed by atoms with Crippen LogP contribution in [0.15, 0.2) is 56.1 Å². The molecule has 2 aromatic carbocycles. The van der Waals surface area contributed by atoms with Crippen molar-refractivity contribution in [3.63, 3.8) is 0 Å². The molecule has 198 valence electrons. The van der Waals surface area contributed by atoms with E-state index >= 15 is 0 Å². The van der Waals surface area contributed by atoms with Gasteiger partial charge in [-0.1, -0.05) is 35.9 Å². The van der Waals surface area contributed by atoms with Crippen molar-refractivity contribution in [2.45, 2.75) is 51.7 Å². The number of carbonyl (C=O) groups is 1. The molecule has 9 nitrogen and oxygen atoms in total. The highest BCUT2D eigenvalue weighted by atomic mass is 35.5. The molecule has 37 heavy (non-hydrogen) atoms. The molecule has 2 heterocycles. The maximum absolute atomic E-state index is 14.3. The topological polar surface area (TPSA) is 114 Å². The summed E-state index contributed by atoms with van der Waals surface area (Å²) in [7, 11) is 0. The van der Waals surface area contributed by atoms with E-state index in [1.807, 2.05) is 12.1 Å². The summed E-state index contributed by atoms with van der Waals surface area (Å²) in [5.41, 5.74) is 5.15. The molecular weight excluding hydrogens is 507 g/mol. The Hall–Kier alpha value is -3.02. The van der Waals surface area contributed by atoms with Gasteiger partial charge in [0.05, 0.1) is 6.54 Å². The molecule has 0 amide bonds. The molecule has 1 aliphatic rings. The average Bonchev–Trinajstić information content (AvgIpc) is 3.21. The standard InChI is InChI=1S/C26H28ClFN2O7/c1-16-23(37-26(33)36-16)15-35-25(32)22(31)14-30(29-24-4-2-3-11-34-24)13-17-5-7-18(8-6-17)20-12-19(27)9-10-21(20)28/h5-10,12,22,24,29,31H,2-4,11,13-15H2,1H3/t22-,24?/m1/s1. The average molecular weight is 535 g/mol. The third-order valence-electron chi connectivity index (χ3n) is 5.92. The van der Waals surface area contributed by atoms with E-state index in [2.05, 4.69) is 5.43 Å². The highest BCUT2D eigenvalue weighted by Gasteiger charge is 2.25. The second-order valence-corrected chi connectivity index (χ2v) is 9.18. The lowest BCUT2D eigenvalue weighted by molar-refractivity contribution is -0.158. The summed E-state index contributed by atoms with van der Waals surface area (Å²) in [6, 6.07) is 11.6. The van der Waals surface area contributed by atoms with Crippen molar-refractivity contribution >= 4 is 17.6 Å². The number of nitrogens with zero attached hydrogens (tertiary/aromatic N) is 1. The fourth-order valence-corrected chi connectivity index (χ4v) is 4.13. The summed E-state index contributed by atoms with van der Waals surface area (Å²) < 4.78 is 34.6. The number of aliphatic hydroxyl groups is 1. The molecule has 0 spiro atoms. The largest absolute Gasteiger partial charge is 0.519 e. The lowest BCUT2D eigenvalue weighted by Gasteiger charge is -2.32. The second kappa shape index (κ2) is 12.5. The van der Waals surface area contributed by atoms with E-state index in [1.54, 1.807) is 23.2 Å². The molecule has 1 unspecified atom stereocenters. The number of aryl methyl sites for hydroxylation is 1. The summed E-state index contributed by atoms with van der Waals surface area (Å²) in [6.45, 7) is 2.00. The third-order valence-corrected chi connectivity index (χ3v) is 6.15. The van der Waals surface area contributed by atoms with Gasteiger partial charge < -0.3 is 23.4 Å². The van der Waals surface area contributed by atoms with Crippen LogP contribution in [0.5, 0.6) is 0 Å². The van der Waals surface area contributed by atoms with E-state index in [0.29, 0.717) is 29.3 Å². The van der Waals surface area contributed by atoms with E-state index in [1.165, 1.54) is 19.1 Å². The predicted molar refractivity (Wildman–Crippen MR) is 132 cm³/mol. The molecule has 3 aromatic rings. The van der Waals surface area contributed by atoms with Crippen LogP contribution in [0, 0.1) is 12.7 Å². The molecule has 0 bridgehead atoms. The van der Waals surface area contributed by atoms with Crippen LogP contribution in [0.4, 0.5) is 4.39 Å². The number of ether oxygens (including phenoxy) is 2. The van der Waals surface area contributed by atoms with Gasteiger partial charge in [-0.2, -0.15) is 0 Å². The first-order valence-corrected chi connectivity index (χ1v) is 12.3. The first-order chi connectivity index (χ1) is 17.8. The Kier molecular flexibility index (Phi) is 9.12. The number of aliphatic hydroxyl groups excluding tert-OH is 1. The minimum Gasteiger partial charge on any atom is -0.455 e. The van der Waals surface area contributed by atoms with Crippen LogP contribution < -0.4 is 11.2 Å². The van der Waals surface area contributed by atoms with Crippen LogP contribution in [0.3, 0.4) is 0 Å². The smallest absolute Gasteiger partial charge is 0.455 e. The van der Waals surface area contributed by atoms with Gasteiger partial charge in [0.1, 0.15) is 12.0 Å². The van der Waals surface area contributed by atoms with Gasteiger partial charge in [-0.15, -0.1) is 0 Å². The van der Waals surface area contributed by atoms with E-state index in [9.17, 15) is 19.1 Å². The van der Waals surface area contributed by atoms with Gasteiger partial charge in [-0.05, 0) is 55.5 Å². The molecule has 0 aliphatic carbocycles. The fraction of sp³-hybridized carbons (Fsp3) is 0.385. The predicted octanol–water partition coefficient (Wildman–Crippen LogP) is 3.94. The number of carbonyl (C=O) groups excluding carboxylic acids is 1. The molecule has 1 saturated heterocycles. The lowest BCUT2D eigenvalue weighted by Crippen LogP contribution is -2.50. The van der Waals surface area contributed by atoms with Crippen molar-refractivity contribution in [1.29, 1.82) is 0 Å². The van der Waals surface area contributed by atoms with Crippen LogP contribution in [0.1, 0.15) is 36.3 Å². The van der Waals surface area contributed by atoms with Gasteiger partial charge in [0.15, 0.2) is 24.2 Å². The van der Waals surface area contributed by atoms with E-state index in [0.717, 1.165) is 24.8 Å². The number of rotatable bonds is 10. The Balaban J connectivity index is 1.42. The molecule has 4 rings (SSSR count). The maximum Gasteiger partial charge on any atom is 0.519 e. The number of hydrazine groups is 1. The minimum atomic E-state index is -1.49. The zero-order valence-corrected chi connectivity index (χ0v) is 21.0. The first-order valence-electron chi connectivity index (χ1n) is 11.9. The normalized spacial score (nSPS) is 16.6. The molecule has 2 atom stereocenters. The van der Waals surface area contributed by atoms with Crippen molar-refractivity contribution in [2.24, 2.45) is 0 Å². The Morgan fingerprint density at radius 3 is 2.70 bits per heavy atom. The minimum absolute atomic E-state index is 0.0763. The first kappa shape index (κ1) is 27.0. The van der Waals surface area contributed by atoms with Gasteiger partial charge in [-0.3, -0.25) is 0 Å². The SMILES string of the molecule is Cc1oc(=O)oc1COC(=O)[C@H](O)CN(Cc1ccc(-c2cc(Cl)ccc2F)cc1)NC1CCCCO1. The fourth-order valence-electron chi connectivity index (χ4n) is 3.96. The third kappa shape index (κ3) is 7.50. The number of esters is 1. The Bertz CT molecular complexity index is 1250. The van der Waals surface area contributed by atoms with Crippen LogP contribution in [0.2, 0.25) is 5.02 Å². The maximum atomic E-state index is 14.3. The number of nitrogens with one attached hydrogen (secondary N) is 1. The highest BCUT2D eigenvalue weighted by molar-refractivity contribution is 6.30. The van der Waals surface area contributed by atoms with Gasteiger partial charge >= 0.3 is 11.8 Å². The zero-order valence-electron chi connectivity index (χ0n) is 20.2. The molecule has 11 heteroatoms. The summed E-state index contributed by atoms with van der Waals surface area (Å²) in [4.78, 5) is 23.6. The number of halogens is 2. The summed E-state index contributed by atoms with van der Waals surface area (Å²) in [5, 5.41) is 12.7. The Morgan fingerprint density at radius 1 is 1.24 bits per heavy atom. The zero-order chi connectivity index (χ0) is 26.4. The molecule has 1 fully saturated rings. The van der Waals surface area contributed by atoms with Crippen molar-refractivity contribution in [3.8, 4) is 11.1 Å². The molecule has 2 N–H and O–H groups in total. The highest BCUT2D eigenvalue weighted by Crippen LogP contribution is 2.26. The van der Waals surface area contributed by atoms with Crippen LogP contribution >= 0.6 is 11.6 Å². The monoisotopic (exact) mass is 534 g/mol. The quantitative estimate of drug-likeness (QED) is 0.295. The molecule has 1 aromatic heterocycles. The van der Waals surface area contributed by atoms with Crippen molar-refractivity contribution in [1.82, 2.24) is 10.4 Å². The number of benzene rings is 2. The van der Waals surface area contributed by atoms with Crippen LogP contribution in [-0.2, 0) is 27.4 Å². The van der Waals surface area contributed by atoms with E-state index in [-0.39, 0.29) is 36.7 Å². The molecule has 0 radical (unpaired) electrons. The van der Waals surface area contributed by atoms with Gasteiger partial charge in [0.25, 0.3) is 0 Å². The molecule has 0 saturated carbocycles. The van der Waals surface area contributed by atoms with Crippen LogP contribution in [-0.4, -0.2) is 41.6 Å². The van der Waals surface area contributed by atoms with E-state index in [4.69, 9.17) is 29.9 Å². The van der Waals surface area contributed by atoms with Gasteiger partial charge in [-0.25, -0.2) is 24.4 Å². The Labute approximate surface area is 217 Å².